The van der Waals surface area contributed by atoms with Crippen LogP contribution in [0, 0.1) is 23.7 Å². The number of hydrogen-bond acceptors (Lipinski definition) is 10. The Balaban J connectivity index is 0.00000988. The van der Waals surface area contributed by atoms with Gasteiger partial charge in [-0.2, -0.15) is 26.3 Å². The molecule has 2 saturated heterocycles. The quantitative estimate of drug-likeness (QED) is 0.0884. The van der Waals surface area contributed by atoms with Crippen LogP contribution in [0.1, 0.15) is 64.5 Å². The average Bonchev–Trinajstić information content (AvgIpc) is 4.06. The van der Waals surface area contributed by atoms with Gasteiger partial charge in [-0.15, -0.1) is 24.8 Å². The van der Waals surface area contributed by atoms with Crippen molar-refractivity contribution in [2.24, 2.45) is 0 Å². The van der Waals surface area contributed by atoms with Gasteiger partial charge >= 0.3 is 24.2 Å². The zero-order valence-electron chi connectivity index (χ0n) is 43.4. The van der Waals surface area contributed by atoms with Crippen LogP contribution in [-0.2, 0) is 51.1 Å². The van der Waals surface area contributed by atoms with E-state index in [1.807, 2.05) is 0 Å². The third-order valence-corrected chi connectivity index (χ3v) is 13.1. The first-order valence-corrected chi connectivity index (χ1v) is 24.6. The topological polar surface area (TPSA) is 182 Å². The number of carbonyl (C=O) groups is 6. The van der Waals surface area contributed by atoms with Gasteiger partial charge in [0.1, 0.15) is 25.3 Å². The van der Waals surface area contributed by atoms with E-state index in [4.69, 9.17) is 9.47 Å². The van der Waals surface area contributed by atoms with Crippen molar-refractivity contribution in [2.75, 3.05) is 66.6 Å². The number of hydrogen-bond donors (Lipinski definition) is 4. The number of likely N-dealkylation sites (N-methyl/N-ethyl adjacent to an activating group) is 2. The van der Waals surface area contributed by atoms with Crippen molar-refractivity contribution >= 4 is 60.3 Å². The van der Waals surface area contributed by atoms with Gasteiger partial charge in [0.15, 0.2) is 0 Å². The highest BCUT2D eigenvalue weighted by atomic mass is 35.5. The zero-order valence-corrected chi connectivity index (χ0v) is 45.1. The van der Waals surface area contributed by atoms with Crippen molar-refractivity contribution in [3.05, 3.63) is 71.8 Å². The average molecular weight is 1120 g/mol. The van der Waals surface area contributed by atoms with Gasteiger partial charge in [-0.25, -0.2) is 0 Å². The molecule has 2 fully saturated rings. The Morgan fingerprint density at radius 1 is 0.605 bits per heavy atom. The third kappa shape index (κ3) is 20.4. The molecule has 422 valence electrons. The zero-order chi connectivity index (χ0) is 54.6. The number of nitrogens with zero attached hydrogens (tertiary/aromatic N) is 4. The summed E-state index contributed by atoms with van der Waals surface area (Å²) >= 11 is 0. The molecule has 4 rings (SSSR count). The van der Waals surface area contributed by atoms with Gasteiger partial charge < -0.3 is 50.3 Å². The van der Waals surface area contributed by atoms with Gasteiger partial charge in [-0.3, -0.25) is 28.8 Å². The molecule has 6 amide bonds. The fourth-order valence-corrected chi connectivity index (χ4v) is 8.50. The van der Waals surface area contributed by atoms with Crippen LogP contribution < -0.4 is 21.3 Å². The van der Waals surface area contributed by atoms with Crippen LogP contribution in [0.25, 0.3) is 0 Å². The maximum atomic E-state index is 14.2. The number of halogens is 8. The molecule has 2 aliphatic rings. The summed E-state index contributed by atoms with van der Waals surface area (Å²) in [7, 11) is 3.10. The first-order chi connectivity index (χ1) is 35.1. The number of rotatable bonds is 24. The van der Waals surface area contributed by atoms with Crippen LogP contribution in [0.5, 0.6) is 0 Å². The SMILES string of the molecule is CN[C@@H](C)C(=O)N[C@H](C(=O)N1CCC[C@H]1CN(CCc1ccccc1)C(=O)C(F)(F)F)[C@@H](C)OCC#CC#CCO[C@H](C)[C@H](NC(=O)[C@H](C)NC)C(=O)N1CCC[C@H]1CN(CCc1ccccc1)C(=O)C(F)(F)F.Cl.Cl. The Hall–Kier alpha value is -5.62. The van der Waals surface area contributed by atoms with Crippen molar-refractivity contribution in [1.82, 2.24) is 40.9 Å². The summed E-state index contributed by atoms with van der Waals surface area (Å²) in [5.74, 6) is 4.25. The molecule has 2 heterocycles. The highest BCUT2D eigenvalue weighted by molar-refractivity contribution is 5.91. The fraction of sp³-hybridized carbons (Fsp3) is 0.577. The maximum Gasteiger partial charge on any atom is 0.471 e. The standard InChI is InChI=1S/C52H68F6N8O8.2ClH/c1-35(59-5)45(67)61-43(47(69)65-27-17-23-41(65)33-63(49(71)51(53,54)55)29-25-39-19-11-9-12-20-39)37(3)73-31-15-7-8-16-32-74-38(4)44(62-46(68)36(2)60-6)48(70)66-28-18-24-42(66)34-64(50(72)52(56,57)58)30-26-40-21-13-10-14-22-40;;/h9-14,19-22,35-38,41-44,59-60H,17-18,23-34H2,1-6H3,(H,61,67)(H,62,68);2*1H/t35-,36-,37+,38+,41-,42-,43-,44-;;/m0../s1. The van der Waals surface area contributed by atoms with Crippen molar-refractivity contribution < 1.29 is 64.6 Å². The largest absolute Gasteiger partial charge is 0.471 e. The smallest absolute Gasteiger partial charge is 0.363 e. The summed E-state index contributed by atoms with van der Waals surface area (Å²) in [6.07, 6.45) is -10.4. The number of likely N-dealkylation sites (tertiary alicyclic amines) is 2. The summed E-state index contributed by atoms with van der Waals surface area (Å²) in [6.45, 7) is 4.78. The summed E-state index contributed by atoms with van der Waals surface area (Å²) in [5.41, 5.74) is 1.47. The van der Waals surface area contributed by atoms with Gasteiger partial charge in [0, 0.05) is 51.4 Å². The number of nitrogens with one attached hydrogen (secondary N) is 4. The van der Waals surface area contributed by atoms with Crippen molar-refractivity contribution in [1.29, 1.82) is 0 Å². The summed E-state index contributed by atoms with van der Waals surface area (Å²) in [6, 6.07) is 11.9. The molecule has 4 N–H and O–H groups in total. The summed E-state index contributed by atoms with van der Waals surface area (Å²) in [5, 5.41) is 11.0. The number of carbonyl (C=O) groups excluding carboxylic acids is 6. The molecule has 0 aliphatic carbocycles. The van der Waals surface area contributed by atoms with Gasteiger partial charge in [-0.05, 0) is 103 Å². The lowest BCUT2D eigenvalue weighted by Crippen LogP contribution is -2.59. The molecule has 0 spiro atoms. The number of benzene rings is 2. The lowest BCUT2D eigenvalue weighted by atomic mass is 10.1. The summed E-state index contributed by atoms with van der Waals surface area (Å²) < 4.78 is 94.5. The molecular formula is C52H70Cl2F6N8O8. The van der Waals surface area contributed by atoms with Gasteiger partial charge in [0.25, 0.3) is 0 Å². The number of alkyl halides is 6. The molecule has 0 aromatic heterocycles. The Kier molecular flexibility index (Phi) is 28.2. The van der Waals surface area contributed by atoms with Crippen molar-refractivity contribution in [3.63, 3.8) is 0 Å². The Bertz CT molecular complexity index is 2160. The summed E-state index contributed by atoms with van der Waals surface area (Å²) in [4.78, 5) is 84.0. The monoisotopic (exact) mass is 1120 g/mol. The minimum absolute atomic E-state index is 0. The Morgan fingerprint density at radius 2 is 0.947 bits per heavy atom. The van der Waals surface area contributed by atoms with Gasteiger partial charge in [0.2, 0.25) is 23.6 Å². The molecule has 24 heteroatoms. The second-order valence-corrected chi connectivity index (χ2v) is 18.3. The van der Waals surface area contributed by atoms with Crippen LogP contribution in [0.15, 0.2) is 60.7 Å². The highest BCUT2D eigenvalue weighted by Gasteiger charge is 2.46. The highest BCUT2D eigenvalue weighted by Crippen LogP contribution is 2.27. The molecule has 2 aliphatic heterocycles. The van der Waals surface area contributed by atoms with E-state index in [-0.39, 0.29) is 90.1 Å². The molecule has 16 nitrogen and oxygen atoms in total. The van der Waals surface area contributed by atoms with Crippen LogP contribution in [0.2, 0.25) is 0 Å². The minimum Gasteiger partial charge on any atom is -0.363 e. The minimum atomic E-state index is -5.14. The van der Waals surface area contributed by atoms with E-state index in [1.54, 1.807) is 88.6 Å². The van der Waals surface area contributed by atoms with E-state index in [2.05, 4.69) is 44.9 Å². The Morgan fingerprint density at radius 3 is 1.26 bits per heavy atom. The molecule has 2 aromatic rings. The second kappa shape index (κ2) is 32.2. The van der Waals surface area contributed by atoms with Crippen molar-refractivity contribution in [2.45, 2.75) is 127 Å². The van der Waals surface area contributed by atoms with Crippen LogP contribution in [0.4, 0.5) is 26.3 Å². The van der Waals surface area contributed by atoms with E-state index >= 15 is 0 Å². The first-order valence-electron chi connectivity index (χ1n) is 24.6. The molecule has 0 bridgehead atoms. The predicted molar refractivity (Wildman–Crippen MR) is 277 cm³/mol. The van der Waals surface area contributed by atoms with Gasteiger partial charge in [0.05, 0.1) is 24.3 Å². The molecule has 0 unspecified atom stereocenters. The van der Waals surface area contributed by atoms with E-state index in [1.165, 1.54) is 23.6 Å². The lowest BCUT2D eigenvalue weighted by molar-refractivity contribution is -0.186. The molecule has 8 atom stereocenters. The molecule has 0 saturated carbocycles. The van der Waals surface area contributed by atoms with E-state index in [9.17, 15) is 55.1 Å². The molecule has 2 aromatic carbocycles. The molecule has 0 radical (unpaired) electrons. The van der Waals surface area contributed by atoms with E-state index in [0.717, 1.165) is 11.1 Å². The van der Waals surface area contributed by atoms with Crippen molar-refractivity contribution in [3.8, 4) is 23.7 Å². The van der Waals surface area contributed by atoms with E-state index in [0.29, 0.717) is 35.5 Å². The van der Waals surface area contributed by atoms with Crippen LogP contribution in [0.3, 0.4) is 0 Å². The van der Waals surface area contributed by atoms with E-state index < -0.39 is 96.3 Å². The number of ether oxygens (including phenoxy) is 2. The van der Waals surface area contributed by atoms with Crippen LogP contribution >= 0.6 is 24.8 Å². The Labute approximate surface area is 453 Å². The van der Waals surface area contributed by atoms with Gasteiger partial charge in [-0.1, -0.05) is 72.5 Å². The fourth-order valence-electron chi connectivity index (χ4n) is 8.50. The lowest BCUT2D eigenvalue weighted by Gasteiger charge is -2.35. The number of amides is 6. The third-order valence-electron chi connectivity index (χ3n) is 13.1. The normalized spacial score (nSPS) is 17.6. The predicted octanol–water partition coefficient (Wildman–Crippen LogP) is 4.08. The van der Waals surface area contributed by atoms with Crippen LogP contribution in [-0.4, -0.2) is 182 Å². The first kappa shape index (κ1) is 66.5. The molecular weight excluding hydrogens is 1050 g/mol. The second-order valence-electron chi connectivity index (χ2n) is 18.3. The molecule has 76 heavy (non-hydrogen) atoms. The maximum absolute atomic E-state index is 14.2.